The number of ketones is 1. The molecule has 2 aromatic carbocycles. The number of allylic oxidation sites excluding steroid dienone is 2. The summed E-state index contributed by atoms with van der Waals surface area (Å²) in [6.45, 7) is 1.92. The van der Waals surface area contributed by atoms with E-state index in [0.717, 1.165) is 38.1 Å². The van der Waals surface area contributed by atoms with Crippen molar-refractivity contribution in [2.75, 3.05) is 19.5 Å². The van der Waals surface area contributed by atoms with Crippen LogP contribution in [-0.4, -0.2) is 25.2 Å². The minimum atomic E-state index is -0.195. The average molecular weight is 495 g/mol. The average Bonchev–Trinajstić information content (AvgIpc) is 3.18. The normalized spacial score (nSPS) is 19.8. The summed E-state index contributed by atoms with van der Waals surface area (Å²) in [6, 6.07) is 14.0. The van der Waals surface area contributed by atoms with Gasteiger partial charge in [0.2, 0.25) is 5.88 Å². The highest BCUT2D eigenvalue weighted by atomic mass is 79.9. The van der Waals surface area contributed by atoms with Crippen molar-refractivity contribution in [1.29, 1.82) is 0 Å². The molecule has 2 atom stereocenters. The van der Waals surface area contributed by atoms with Crippen LogP contribution in [0.25, 0.3) is 0 Å². The van der Waals surface area contributed by atoms with Gasteiger partial charge in [0.15, 0.2) is 17.3 Å². The predicted molar refractivity (Wildman–Crippen MR) is 124 cm³/mol. The van der Waals surface area contributed by atoms with Crippen LogP contribution < -0.4 is 14.8 Å². The van der Waals surface area contributed by atoms with Gasteiger partial charge in [-0.25, -0.2) is 0 Å². The number of nitrogens with zero attached hydrogens (tertiary/aromatic N) is 1. The topological polar surface area (TPSA) is 73.6 Å². The maximum Gasteiger partial charge on any atom is 0.233 e. The number of methoxy groups -OCH3 is 2. The standard InChI is InChI=1S/C25H23BrN2O4/c1-13-22-23(14-4-7-17(26)8-5-14)24-18(27-25(22)32-28-13)10-16(11-19(24)29)15-6-9-20(30-2)21(12-15)31-3/h4-9,12,16,23,27H,10-11H2,1-3H3/t16-,23-/m0/s1. The lowest BCUT2D eigenvalue weighted by Crippen LogP contribution is -2.29. The fraction of sp³-hybridized carbons (Fsp3) is 0.280. The first-order chi connectivity index (χ1) is 15.5. The number of benzene rings is 2. The van der Waals surface area contributed by atoms with Crippen LogP contribution in [0, 0.1) is 6.92 Å². The van der Waals surface area contributed by atoms with E-state index in [1.807, 2.05) is 37.3 Å². The van der Waals surface area contributed by atoms with Crippen LogP contribution in [-0.2, 0) is 4.79 Å². The van der Waals surface area contributed by atoms with Crippen molar-refractivity contribution in [2.45, 2.75) is 31.6 Å². The Hall–Kier alpha value is -3.06. The molecule has 2 heterocycles. The Morgan fingerprint density at radius 3 is 2.47 bits per heavy atom. The van der Waals surface area contributed by atoms with Crippen LogP contribution in [0.4, 0.5) is 5.88 Å². The maximum atomic E-state index is 13.6. The number of fused-ring (bicyclic) bond motifs is 1. The second-order valence-corrected chi connectivity index (χ2v) is 9.07. The van der Waals surface area contributed by atoms with Crippen LogP contribution in [0.5, 0.6) is 11.5 Å². The summed E-state index contributed by atoms with van der Waals surface area (Å²) in [4.78, 5) is 13.6. The number of aryl methyl sites for hydroxylation is 1. The second-order valence-electron chi connectivity index (χ2n) is 8.16. The number of hydrogen-bond donors (Lipinski definition) is 1. The second kappa shape index (κ2) is 8.13. The first-order valence-electron chi connectivity index (χ1n) is 10.5. The Labute approximate surface area is 194 Å². The largest absolute Gasteiger partial charge is 0.493 e. The molecule has 164 valence electrons. The van der Waals surface area contributed by atoms with E-state index in [-0.39, 0.29) is 17.6 Å². The van der Waals surface area contributed by atoms with Crippen molar-refractivity contribution >= 4 is 27.6 Å². The summed E-state index contributed by atoms with van der Waals surface area (Å²) in [5, 5.41) is 7.55. The van der Waals surface area contributed by atoms with Gasteiger partial charge in [0.05, 0.1) is 25.5 Å². The number of carbonyl (C=O) groups excluding carboxylic acids is 1. The van der Waals surface area contributed by atoms with Crippen LogP contribution in [0.15, 0.2) is 62.7 Å². The van der Waals surface area contributed by atoms with Crippen LogP contribution in [0.3, 0.4) is 0 Å². The molecule has 0 radical (unpaired) electrons. The smallest absolute Gasteiger partial charge is 0.233 e. The van der Waals surface area contributed by atoms with Crippen LogP contribution in [0.1, 0.15) is 47.1 Å². The van der Waals surface area contributed by atoms with Crippen LogP contribution in [0.2, 0.25) is 0 Å². The molecule has 0 spiro atoms. The van der Waals surface area contributed by atoms with Gasteiger partial charge in [-0.3, -0.25) is 4.79 Å². The zero-order chi connectivity index (χ0) is 22.4. The SMILES string of the molecule is COc1ccc([C@@H]2CC(=O)C3=C(C2)Nc2onc(C)c2[C@@H]3c2ccc(Br)cc2)cc1OC. The van der Waals surface area contributed by atoms with E-state index in [0.29, 0.717) is 30.2 Å². The zero-order valence-corrected chi connectivity index (χ0v) is 19.7. The van der Waals surface area contributed by atoms with Crippen molar-refractivity contribution in [2.24, 2.45) is 0 Å². The molecule has 2 aliphatic rings. The van der Waals surface area contributed by atoms with E-state index in [1.165, 1.54) is 0 Å². The van der Waals surface area contributed by atoms with Crippen molar-refractivity contribution in [3.63, 3.8) is 0 Å². The molecule has 1 aliphatic heterocycles. The molecule has 32 heavy (non-hydrogen) atoms. The Morgan fingerprint density at radius 2 is 1.75 bits per heavy atom. The van der Waals surface area contributed by atoms with E-state index in [2.05, 4.69) is 38.5 Å². The van der Waals surface area contributed by atoms with Crippen LogP contribution >= 0.6 is 15.9 Å². The first-order valence-corrected chi connectivity index (χ1v) is 11.3. The van der Waals surface area contributed by atoms with Gasteiger partial charge >= 0.3 is 0 Å². The minimum absolute atomic E-state index is 0.0321. The lowest BCUT2D eigenvalue weighted by molar-refractivity contribution is -0.116. The van der Waals surface area contributed by atoms with Crippen molar-refractivity contribution in [3.8, 4) is 11.5 Å². The molecule has 7 heteroatoms. The van der Waals surface area contributed by atoms with Gasteiger partial charge in [-0.05, 0) is 54.7 Å². The highest BCUT2D eigenvalue weighted by molar-refractivity contribution is 9.10. The number of rotatable bonds is 4. The number of aromatic nitrogens is 1. The first kappa shape index (κ1) is 20.8. The summed E-state index contributed by atoms with van der Waals surface area (Å²) in [5.74, 6) is 1.93. The number of hydrogen-bond acceptors (Lipinski definition) is 6. The molecule has 1 aliphatic carbocycles. The highest BCUT2D eigenvalue weighted by Gasteiger charge is 2.41. The van der Waals surface area contributed by atoms with Gasteiger partial charge in [-0.1, -0.05) is 39.3 Å². The number of Topliss-reactive ketones (excluding diaryl/α,β-unsaturated/α-hetero) is 1. The van der Waals surface area contributed by atoms with E-state index in [9.17, 15) is 4.79 Å². The molecule has 0 saturated heterocycles. The summed E-state index contributed by atoms with van der Waals surface area (Å²) < 4.78 is 17.4. The number of halogens is 1. The zero-order valence-electron chi connectivity index (χ0n) is 18.1. The molecule has 3 aromatic rings. The Kier molecular flexibility index (Phi) is 5.29. The molecule has 0 saturated carbocycles. The van der Waals surface area contributed by atoms with E-state index >= 15 is 0 Å². The van der Waals surface area contributed by atoms with Gasteiger partial charge in [-0.2, -0.15) is 0 Å². The molecule has 0 bridgehead atoms. The Balaban J connectivity index is 1.57. The minimum Gasteiger partial charge on any atom is -0.493 e. The summed E-state index contributed by atoms with van der Waals surface area (Å²) in [6.07, 6.45) is 1.13. The lowest BCUT2D eigenvalue weighted by Gasteiger charge is -2.34. The van der Waals surface area contributed by atoms with E-state index in [4.69, 9.17) is 14.0 Å². The van der Waals surface area contributed by atoms with Crippen molar-refractivity contribution < 1.29 is 18.8 Å². The Morgan fingerprint density at radius 1 is 1.03 bits per heavy atom. The lowest BCUT2D eigenvalue weighted by atomic mass is 9.72. The molecular weight excluding hydrogens is 472 g/mol. The molecule has 5 rings (SSSR count). The summed E-state index contributed by atoms with van der Waals surface area (Å²) in [7, 11) is 3.23. The van der Waals surface area contributed by atoms with Crippen molar-refractivity contribution in [1.82, 2.24) is 5.16 Å². The Bertz CT molecular complexity index is 1230. The highest BCUT2D eigenvalue weighted by Crippen LogP contribution is 2.49. The number of nitrogens with one attached hydrogen (secondary N) is 1. The molecule has 6 nitrogen and oxygen atoms in total. The fourth-order valence-electron chi connectivity index (χ4n) is 4.80. The number of carbonyl (C=O) groups is 1. The molecule has 0 fully saturated rings. The summed E-state index contributed by atoms with van der Waals surface area (Å²) in [5.41, 5.74) is 5.53. The third-order valence-corrected chi connectivity index (χ3v) is 6.87. The predicted octanol–water partition coefficient (Wildman–Crippen LogP) is 5.72. The van der Waals surface area contributed by atoms with E-state index < -0.39 is 0 Å². The van der Waals surface area contributed by atoms with E-state index in [1.54, 1.807) is 14.2 Å². The molecular formula is C25H23BrN2O4. The fourth-order valence-corrected chi connectivity index (χ4v) is 5.07. The van der Waals surface area contributed by atoms with Gasteiger partial charge in [0, 0.05) is 28.1 Å². The molecule has 1 N–H and O–H groups in total. The third kappa shape index (κ3) is 3.41. The third-order valence-electron chi connectivity index (χ3n) is 6.34. The quantitative estimate of drug-likeness (QED) is 0.499. The number of ether oxygens (including phenoxy) is 2. The van der Waals surface area contributed by atoms with Gasteiger partial charge < -0.3 is 19.3 Å². The molecule has 0 unspecified atom stereocenters. The monoisotopic (exact) mass is 494 g/mol. The van der Waals surface area contributed by atoms with Gasteiger partial charge in [0.25, 0.3) is 0 Å². The van der Waals surface area contributed by atoms with Gasteiger partial charge in [-0.15, -0.1) is 0 Å². The van der Waals surface area contributed by atoms with Crippen molar-refractivity contribution in [3.05, 3.63) is 80.6 Å². The summed E-state index contributed by atoms with van der Waals surface area (Å²) >= 11 is 3.50. The number of anilines is 1. The molecule has 0 amide bonds. The maximum absolute atomic E-state index is 13.6. The van der Waals surface area contributed by atoms with Gasteiger partial charge in [0.1, 0.15) is 0 Å². The molecule has 1 aromatic heterocycles.